The molecule has 4 nitrogen and oxygen atoms in total. The van der Waals surface area contributed by atoms with E-state index in [1.165, 1.54) is 5.56 Å². The second-order valence-electron chi connectivity index (χ2n) is 7.79. The van der Waals surface area contributed by atoms with Crippen molar-refractivity contribution in [3.8, 4) is 5.75 Å². The Hall–Kier alpha value is -3.53. The van der Waals surface area contributed by atoms with Gasteiger partial charge in [-0.1, -0.05) is 72.8 Å². The predicted molar refractivity (Wildman–Crippen MR) is 125 cm³/mol. The molecule has 0 atom stereocenters. The molecule has 4 aromatic rings. The minimum Gasteiger partial charge on any atom is -0.497 e. The highest BCUT2D eigenvalue weighted by Crippen LogP contribution is 2.15. The summed E-state index contributed by atoms with van der Waals surface area (Å²) in [6.07, 6.45) is 4.84. The molecular weight excluding hydrogens is 384 g/mol. The van der Waals surface area contributed by atoms with E-state index in [-0.39, 0.29) is 5.69 Å². The van der Waals surface area contributed by atoms with Crippen molar-refractivity contribution in [3.63, 3.8) is 0 Å². The van der Waals surface area contributed by atoms with Crippen LogP contribution < -0.4 is 10.4 Å². The molecule has 158 valence electrons. The van der Waals surface area contributed by atoms with Crippen molar-refractivity contribution in [2.75, 3.05) is 7.11 Å². The Morgan fingerprint density at radius 3 is 1.94 bits per heavy atom. The molecule has 0 radical (unpaired) electrons. The van der Waals surface area contributed by atoms with Crippen LogP contribution in [0.5, 0.6) is 5.75 Å². The number of methoxy groups -OCH3 is 1. The third-order valence-corrected chi connectivity index (χ3v) is 5.56. The van der Waals surface area contributed by atoms with Crippen LogP contribution in [0.3, 0.4) is 0 Å². The summed E-state index contributed by atoms with van der Waals surface area (Å²) in [5.74, 6) is 0.874. The summed E-state index contributed by atoms with van der Waals surface area (Å²) in [6, 6.07) is 28.5. The van der Waals surface area contributed by atoms with Crippen molar-refractivity contribution in [2.45, 2.75) is 32.4 Å². The third-order valence-electron chi connectivity index (χ3n) is 5.56. The Balaban J connectivity index is 1.53. The second-order valence-corrected chi connectivity index (χ2v) is 7.79. The molecule has 0 spiro atoms. The zero-order valence-corrected chi connectivity index (χ0v) is 17.9. The first-order chi connectivity index (χ1) is 15.2. The number of aryl methyl sites for hydroxylation is 2. The van der Waals surface area contributed by atoms with E-state index in [1.807, 2.05) is 63.9 Å². The summed E-state index contributed by atoms with van der Waals surface area (Å²) in [7, 11) is 1.68. The van der Waals surface area contributed by atoms with Gasteiger partial charge in [-0.3, -0.25) is 9.13 Å². The Labute approximate surface area is 183 Å². The molecule has 0 aliphatic carbocycles. The highest BCUT2D eigenvalue weighted by molar-refractivity contribution is 5.27. The zero-order chi connectivity index (χ0) is 21.5. The summed E-state index contributed by atoms with van der Waals surface area (Å²) in [6.45, 7) is 1.19. The maximum Gasteiger partial charge on any atom is 0.328 e. The molecular formula is C27H28N2O2. The number of rotatable bonds is 9. The topological polar surface area (TPSA) is 36.2 Å². The fourth-order valence-corrected chi connectivity index (χ4v) is 3.88. The lowest BCUT2D eigenvalue weighted by Gasteiger charge is -2.08. The summed E-state index contributed by atoms with van der Waals surface area (Å²) < 4.78 is 9.00. The van der Waals surface area contributed by atoms with Crippen LogP contribution in [0.2, 0.25) is 0 Å². The van der Waals surface area contributed by atoms with Crippen LogP contribution in [-0.4, -0.2) is 16.2 Å². The number of hydrogen-bond acceptors (Lipinski definition) is 2. The number of hydrogen-bond donors (Lipinski definition) is 0. The normalized spacial score (nSPS) is 10.9. The lowest BCUT2D eigenvalue weighted by molar-refractivity contribution is 0.414. The number of imidazole rings is 1. The molecule has 0 N–H and O–H groups in total. The van der Waals surface area contributed by atoms with Crippen molar-refractivity contribution in [1.82, 2.24) is 9.13 Å². The van der Waals surface area contributed by atoms with E-state index in [0.29, 0.717) is 13.1 Å². The Morgan fingerprint density at radius 2 is 1.32 bits per heavy atom. The molecule has 0 amide bonds. The van der Waals surface area contributed by atoms with Crippen molar-refractivity contribution in [3.05, 3.63) is 124 Å². The lowest BCUT2D eigenvalue weighted by Crippen LogP contribution is -2.26. The Bertz CT molecular complexity index is 1140. The van der Waals surface area contributed by atoms with Crippen molar-refractivity contribution < 1.29 is 4.74 Å². The summed E-state index contributed by atoms with van der Waals surface area (Å²) in [5.41, 5.74) is 4.68. The summed E-state index contributed by atoms with van der Waals surface area (Å²) in [5, 5.41) is 0. The van der Waals surface area contributed by atoms with Crippen molar-refractivity contribution in [2.24, 2.45) is 0 Å². The molecule has 1 heterocycles. The summed E-state index contributed by atoms with van der Waals surface area (Å²) in [4.78, 5) is 13.2. The fourth-order valence-electron chi connectivity index (χ4n) is 3.88. The quantitative estimate of drug-likeness (QED) is 0.391. The SMILES string of the molecule is COc1ccc(CCCc2cn(Cc3ccccc3)c(=O)n2Cc2ccccc2)cc1. The van der Waals surface area contributed by atoms with E-state index < -0.39 is 0 Å². The highest BCUT2D eigenvalue weighted by Gasteiger charge is 2.12. The molecule has 0 saturated carbocycles. The number of ether oxygens (including phenoxy) is 1. The minimum atomic E-state index is 0.0483. The molecule has 0 saturated heterocycles. The Kier molecular flexibility index (Phi) is 6.68. The fraction of sp³-hybridized carbons (Fsp3) is 0.222. The van der Waals surface area contributed by atoms with Gasteiger partial charge >= 0.3 is 5.69 Å². The van der Waals surface area contributed by atoms with Gasteiger partial charge in [0, 0.05) is 11.9 Å². The molecule has 31 heavy (non-hydrogen) atoms. The van der Waals surface area contributed by atoms with Gasteiger partial charge < -0.3 is 4.74 Å². The molecule has 0 aliphatic rings. The first-order valence-corrected chi connectivity index (χ1v) is 10.7. The molecule has 0 unspecified atom stereocenters. The molecule has 0 aliphatic heterocycles. The molecule has 0 fully saturated rings. The van der Waals surface area contributed by atoms with Crippen LogP contribution in [0, 0.1) is 0 Å². The molecule has 3 aromatic carbocycles. The van der Waals surface area contributed by atoms with E-state index in [4.69, 9.17) is 4.74 Å². The van der Waals surface area contributed by atoms with Crippen molar-refractivity contribution in [1.29, 1.82) is 0 Å². The van der Waals surface area contributed by atoms with Gasteiger partial charge in [0.15, 0.2) is 0 Å². The van der Waals surface area contributed by atoms with Crippen LogP contribution in [0.15, 0.2) is 95.9 Å². The predicted octanol–water partition coefficient (Wildman–Crippen LogP) is 4.93. The van der Waals surface area contributed by atoms with Gasteiger partial charge in [-0.2, -0.15) is 0 Å². The molecule has 0 bridgehead atoms. The minimum absolute atomic E-state index is 0.0483. The molecule has 4 heteroatoms. The van der Waals surface area contributed by atoms with Gasteiger partial charge in [0.1, 0.15) is 5.75 Å². The maximum absolute atomic E-state index is 13.2. The van der Waals surface area contributed by atoms with Crippen LogP contribution in [0.4, 0.5) is 0 Å². The molecule has 1 aromatic heterocycles. The van der Waals surface area contributed by atoms with Crippen LogP contribution in [-0.2, 0) is 25.9 Å². The zero-order valence-electron chi connectivity index (χ0n) is 17.9. The van der Waals surface area contributed by atoms with Gasteiger partial charge in [-0.15, -0.1) is 0 Å². The highest BCUT2D eigenvalue weighted by atomic mass is 16.5. The lowest BCUT2D eigenvalue weighted by atomic mass is 10.1. The average molecular weight is 413 g/mol. The standard InChI is InChI=1S/C27H28N2O2/c1-31-26-17-15-22(16-18-26)13-8-14-25-21-28(19-23-9-4-2-5-10-23)27(30)29(25)20-24-11-6-3-7-12-24/h2-7,9-12,15-18,21H,8,13-14,19-20H2,1H3. The average Bonchev–Trinajstić information content (AvgIpc) is 3.10. The largest absolute Gasteiger partial charge is 0.497 e. The van der Waals surface area contributed by atoms with Crippen LogP contribution >= 0.6 is 0 Å². The third kappa shape index (κ3) is 5.34. The van der Waals surface area contributed by atoms with E-state index in [9.17, 15) is 4.79 Å². The first kappa shape index (κ1) is 20.7. The second kappa shape index (κ2) is 9.98. The van der Waals surface area contributed by atoms with Crippen molar-refractivity contribution >= 4 is 0 Å². The molecule has 4 rings (SSSR count). The smallest absolute Gasteiger partial charge is 0.328 e. The van der Waals surface area contributed by atoms with Gasteiger partial charge in [0.05, 0.1) is 20.2 Å². The maximum atomic E-state index is 13.2. The van der Waals surface area contributed by atoms with E-state index in [0.717, 1.165) is 41.8 Å². The van der Waals surface area contributed by atoms with Gasteiger partial charge in [0.2, 0.25) is 0 Å². The number of aromatic nitrogens is 2. The first-order valence-electron chi connectivity index (χ1n) is 10.7. The van der Waals surface area contributed by atoms with Gasteiger partial charge in [-0.05, 0) is 48.1 Å². The van der Waals surface area contributed by atoms with Gasteiger partial charge in [0.25, 0.3) is 0 Å². The Morgan fingerprint density at radius 1 is 0.710 bits per heavy atom. The van der Waals surface area contributed by atoms with E-state index in [1.54, 1.807) is 7.11 Å². The van der Waals surface area contributed by atoms with Crippen LogP contribution in [0.25, 0.3) is 0 Å². The van der Waals surface area contributed by atoms with E-state index >= 15 is 0 Å². The van der Waals surface area contributed by atoms with Gasteiger partial charge in [-0.25, -0.2) is 4.79 Å². The number of benzene rings is 3. The summed E-state index contributed by atoms with van der Waals surface area (Å²) >= 11 is 0. The van der Waals surface area contributed by atoms with E-state index in [2.05, 4.69) is 36.4 Å². The van der Waals surface area contributed by atoms with Crippen LogP contribution in [0.1, 0.15) is 28.8 Å². The monoisotopic (exact) mass is 412 g/mol. The number of nitrogens with zero attached hydrogens (tertiary/aromatic N) is 2.